The van der Waals surface area contributed by atoms with E-state index < -0.39 is 16.1 Å². The van der Waals surface area contributed by atoms with Crippen LogP contribution in [0.15, 0.2) is 47.4 Å². The maximum atomic E-state index is 11.6. The van der Waals surface area contributed by atoms with Crippen LogP contribution in [0.2, 0.25) is 0 Å². The van der Waals surface area contributed by atoms with Gasteiger partial charge in [-0.05, 0) is 49.2 Å². The third-order valence-electron chi connectivity index (χ3n) is 3.36. The van der Waals surface area contributed by atoms with Crippen LogP contribution in [-0.2, 0) is 10.0 Å². The number of primary sulfonamides is 1. The summed E-state index contributed by atoms with van der Waals surface area (Å²) in [7, 11) is -3.77. The van der Waals surface area contributed by atoms with Gasteiger partial charge in [-0.2, -0.15) is 0 Å². The molecule has 0 saturated heterocycles. The SMILES string of the molecule is Cc1cc(S(N)(=O)=O)c(C)cc1OCCNC(=O)Oc1ccccc1. The number of aryl methyl sites for hydroxylation is 2. The summed E-state index contributed by atoms with van der Waals surface area (Å²) in [4.78, 5) is 11.7. The van der Waals surface area contributed by atoms with E-state index >= 15 is 0 Å². The highest BCUT2D eigenvalue weighted by Crippen LogP contribution is 2.25. The molecule has 0 heterocycles. The Hall–Kier alpha value is -2.58. The van der Waals surface area contributed by atoms with E-state index in [2.05, 4.69) is 5.32 Å². The quantitative estimate of drug-likeness (QED) is 0.763. The molecule has 25 heavy (non-hydrogen) atoms. The summed E-state index contributed by atoms with van der Waals surface area (Å²) in [6, 6.07) is 11.8. The van der Waals surface area contributed by atoms with Crippen LogP contribution in [0.5, 0.6) is 11.5 Å². The minimum absolute atomic E-state index is 0.0712. The first-order chi connectivity index (χ1) is 11.8. The minimum atomic E-state index is -3.77. The van der Waals surface area contributed by atoms with Crippen LogP contribution < -0.4 is 19.9 Å². The molecule has 7 nitrogen and oxygen atoms in total. The van der Waals surface area contributed by atoms with Crippen LogP contribution in [0.4, 0.5) is 4.79 Å². The lowest BCUT2D eigenvalue weighted by Crippen LogP contribution is -2.30. The third-order valence-corrected chi connectivity index (χ3v) is 4.41. The van der Waals surface area contributed by atoms with Gasteiger partial charge in [0.2, 0.25) is 10.0 Å². The molecule has 0 aromatic heterocycles. The zero-order valence-electron chi connectivity index (χ0n) is 14.0. The molecule has 0 saturated carbocycles. The number of nitrogens with two attached hydrogens (primary N) is 1. The highest BCUT2D eigenvalue weighted by Gasteiger charge is 2.14. The predicted molar refractivity (Wildman–Crippen MR) is 93.3 cm³/mol. The summed E-state index contributed by atoms with van der Waals surface area (Å²) in [5, 5.41) is 7.73. The number of nitrogens with one attached hydrogen (secondary N) is 1. The van der Waals surface area contributed by atoms with Crippen molar-refractivity contribution in [2.24, 2.45) is 5.14 Å². The van der Waals surface area contributed by atoms with E-state index in [1.54, 1.807) is 44.2 Å². The first kappa shape index (κ1) is 18.8. The van der Waals surface area contributed by atoms with Gasteiger partial charge in [0.1, 0.15) is 18.1 Å². The molecule has 0 spiro atoms. The highest BCUT2D eigenvalue weighted by molar-refractivity contribution is 7.89. The second kappa shape index (κ2) is 8.00. The van der Waals surface area contributed by atoms with Gasteiger partial charge in [-0.15, -0.1) is 0 Å². The van der Waals surface area contributed by atoms with Crippen molar-refractivity contribution in [3.8, 4) is 11.5 Å². The van der Waals surface area contributed by atoms with Gasteiger partial charge in [0.15, 0.2) is 0 Å². The molecule has 1 amide bonds. The lowest BCUT2D eigenvalue weighted by Gasteiger charge is -2.13. The number of rotatable bonds is 6. The number of carbonyl (C=O) groups is 1. The monoisotopic (exact) mass is 364 g/mol. The minimum Gasteiger partial charge on any atom is -0.491 e. The van der Waals surface area contributed by atoms with E-state index in [0.29, 0.717) is 22.6 Å². The first-order valence-corrected chi connectivity index (χ1v) is 9.09. The molecule has 0 radical (unpaired) electrons. The number of para-hydroxylation sites is 1. The van der Waals surface area contributed by atoms with Crippen molar-refractivity contribution in [1.29, 1.82) is 0 Å². The Balaban J connectivity index is 1.86. The maximum absolute atomic E-state index is 11.6. The number of hydrogen-bond acceptors (Lipinski definition) is 5. The van der Waals surface area contributed by atoms with E-state index in [1.807, 2.05) is 6.07 Å². The zero-order chi connectivity index (χ0) is 18.4. The van der Waals surface area contributed by atoms with Crippen LogP contribution >= 0.6 is 0 Å². The molecule has 0 bridgehead atoms. The average Bonchev–Trinajstić information content (AvgIpc) is 2.54. The van der Waals surface area contributed by atoms with Crippen molar-refractivity contribution in [3.63, 3.8) is 0 Å². The van der Waals surface area contributed by atoms with Gasteiger partial charge in [-0.1, -0.05) is 18.2 Å². The van der Waals surface area contributed by atoms with Gasteiger partial charge < -0.3 is 14.8 Å². The number of sulfonamides is 1. The Morgan fingerprint density at radius 3 is 2.44 bits per heavy atom. The zero-order valence-corrected chi connectivity index (χ0v) is 14.8. The van der Waals surface area contributed by atoms with E-state index in [0.717, 1.165) is 0 Å². The molecule has 2 aromatic rings. The lowest BCUT2D eigenvalue weighted by molar-refractivity contribution is 0.197. The van der Waals surface area contributed by atoms with E-state index in [-0.39, 0.29) is 18.0 Å². The lowest BCUT2D eigenvalue weighted by atomic mass is 10.1. The van der Waals surface area contributed by atoms with Crippen molar-refractivity contribution in [3.05, 3.63) is 53.6 Å². The predicted octanol–water partition coefficient (Wildman–Crippen LogP) is 2.12. The molecule has 134 valence electrons. The summed E-state index contributed by atoms with van der Waals surface area (Å²) in [5.41, 5.74) is 1.14. The van der Waals surface area contributed by atoms with Crippen molar-refractivity contribution in [1.82, 2.24) is 5.32 Å². The number of ether oxygens (including phenoxy) is 2. The Morgan fingerprint density at radius 1 is 1.12 bits per heavy atom. The van der Waals surface area contributed by atoms with Crippen LogP contribution in [-0.4, -0.2) is 27.7 Å². The standard InChI is InChI=1S/C17H20N2O5S/c1-12-11-16(25(18,21)22)13(2)10-15(12)23-9-8-19-17(20)24-14-6-4-3-5-7-14/h3-7,10-11H,8-9H2,1-2H3,(H,19,20)(H2,18,21,22). The number of hydrogen-bond donors (Lipinski definition) is 2. The molecule has 0 aliphatic heterocycles. The summed E-state index contributed by atoms with van der Waals surface area (Å²) in [6.45, 7) is 3.81. The summed E-state index contributed by atoms with van der Waals surface area (Å²) in [6.07, 6.45) is -0.577. The Labute approximate surface area is 146 Å². The molecule has 0 aliphatic rings. The maximum Gasteiger partial charge on any atom is 0.412 e. The van der Waals surface area contributed by atoms with Crippen molar-refractivity contribution in [2.75, 3.05) is 13.2 Å². The van der Waals surface area contributed by atoms with Crippen LogP contribution in [0, 0.1) is 13.8 Å². The van der Waals surface area contributed by atoms with Crippen LogP contribution in [0.1, 0.15) is 11.1 Å². The molecule has 2 aromatic carbocycles. The third kappa shape index (κ3) is 5.47. The topological polar surface area (TPSA) is 108 Å². The molecular weight excluding hydrogens is 344 g/mol. The molecule has 0 atom stereocenters. The fraction of sp³-hybridized carbons (Fsp3) is 0.235. The van der Waals surface area contributed by atoms with Gasteiger partial charge in [-0.3, -0.25) is 0 Å². The molecule has 0 fully saturated rings. The number of carbonyl (C=O) groups excluding carboxylic acids is 1. The first-order valence-electron chi connectivity index (χ1n) is 7.55. The largest absolute Gasteiger partial charge is 0.491 e. The van der Waals surface area contributed by atoms with Crippen molar-refractivity contribution < 1.29 is 22.7 Å². The second-order valence-electron chi connectivity index (χ2n) is 5.41. The van der Waals surface area contributed by atoms with Crippen LogP contribution in [0.3, 0.4) is 0 Å². The van der Waals surface area contributed by atoms with Gasteiger partial charge in [0, 0.05) is 0 Å². The molecule has 0 unspecified atom stereocenters. The number of benzene rings is 2. The van der Waals surface area contributed by atoms with Gasteiger partial charge in [0.05, 0.1) is 11.4 Å². The molecule has 8 heteroatoms. The van der Waals surface area contributed by atoms with Crippen molar-refractivity contribution in [2.45, 2.75) is 18.7 Å². The normalized spacial score (nSPS) is 11.0. The Kier molecular flexibility index (Phi) is 6.00. The second-order valence-corrected chi connectivity index (χ2v) is 6.94. The Morgan fingerprint density at radius 2 is 1.80 bits per heavy atom. The Bertz CT molecular complexity index is 851. The summed E-state index contributed by atoms with van der Waals surface area (Å²) >= 11 is 0. The fourth-order valence-corrected chi connectivity index (χ4v) is 3.02. The fourth-order valence-electron chi connectivity index (χ4n) is 2.17. The molecule has 0 aliphatic carbocycles. The van der Waals surface area contributed by atoms with Crippen molar-refractivity contribution >= 4 is 16.1 Å². The summed E-state index contributed by atoms with van der Waals surface area (Å²) in [5.74, 6) is 0.981. The van der Waals surface area contributed by atoms with E-state index in [9.17, 15) is 13.2 Å². The van der Waals surface area contributed by atoms with Gasteiger partial charge in [-0.25, -0.2) is 18.4 Å². The smallest absolute Gasteiger partial charge is 0.412 e. The van der Waals surface area contributed by atoms with Gasteiger partial charge in [0.25, 0.3) is 0 Å². The molecule has 2 rings (SSSR count). The molecular formula is C17H20N2O5S. The van der Waals surface area contributed by atoms with E-state index in [1.165, 1.54) is 6.07 Å². The average molecular weight is 364 g/mol. The molecule has 3 N–H and O–H groups in total. The summed E-state index contributed by atoms with van der Waals surface area (Å²) < 4.78 is 33.6. The number of amides is 1. The van der Waals surface area contributed by atoms with E-state index in [4.69, 9.17) is 14.6 Å². The van der Waals surface area contributed by atoms with Gasteiger partial charge >= 0.3 is 6.09 Å². The highest BCUT2D eigenvalue weighted by atomic mass is 32.2. The van der Waals surface area contributed by atoms with Crippen LogP contribution in [0.25, 0.3) is 0 Å².